The van der Waals surface area contributed by atoms with E-state index in [-0.39, 0.29) is 17.1 Å². The molecule has 4 heteroatoms. The maximum atomic E-state index is 10.00. The Balaban J connectivity index is 2.45. The van der Waals surface area contributed by atoms with Crippen LogP contribution in [0.1, 0.15) is 41.0 Å². The van der Waals surface area contributed by atoms with Gasteiger partial charge in [0.15, 0.2) is 0 Å². The van der Waals surface area contributed by atoms with Crippen LogP contribution in [-0.2, 0) is 9.47 Å². The molecule has 1 rings (SSSR count). The number of hydrogen-bond acceptors (Lipinski definition) is 4. The number of likely N-dealkylation sites (N-methyl/N-ethyl adjacent to an activating group) is 1. The predicted octanol–water partition coefficient (Wildman–Crippen LogP) is 1.91. The van der Waals surface area contributed by atoms with E-state index in [2.05, 4.69) is 32.7 Å². The minimum atomic E-state index is -0.433. The van der Waals surface area contributed by atoms with Gasteiger partial charge in [0.25, 0.3) is 0 Å². The van der Waals surface area contributed by atoms with Crippen LogP contribution >= 0.6 is 0 Å². The van der Waals surface area contributed by atoms with E-state index in [9.17, 15) is 5.11 Å². The Bertz CT molecular complexity index is 293. The Morgan fingerprint density at radius 2 is 1.89 bits per heavy atom. The molecule has 114 valence electrons. The van der Waals surface area contributed by atoms with Gasteiger partial charge in [0.1, 0.15) is 0 Å². The van der Waals surface area contributed by atoms with Crippen molar-refractivity contribution in [3.8, 4) is 0 Å². The highest BCUT2D eigenvalue weighted by atomic mass is 16.5. The molecule has 1 aliphatic rings. The first-order valence-electron chi connectivity index (χ1n) is 7.19. The van der Waals surface area contributed by atoms with Gasteiger partial charge in [-0.05, 0) is 34.2 Å². The van der Waals surface area contributed by atoms with Crippen molar-refractivity contribution in [1.29, 1.82) is 0 Å². The lowest BCUT2D eigenvalue weighted by Gasteiger charge is -2.61. The molecule has 0 heterocycles. The number of aliphatic hydroxyl groups excluding tert-OH is 1. The smallest absolute Gasteiger partial charge is 0.0900 e. The van der Waals surface area contributed by atoms with E-state index >= 15 is 0 Å². The van der Waals surface area contributed by atoms with Gasteiger partial charge in [-0.3, -0.25) is 0 Å². The molecule has 1 fully saturated rings. The van der Waals surface area contributed by atoms with Crippen LogP contribution in [0.5, 0.6) is 0 Å². The van der Waals surface area contributed by atoms with Crippen LogP contribution in [0.4, 0.5) is 0 Å². The number of methoxy groups -OCH3 is 1. The highest BCUT2D eigenvalue weighted by molar-refractivity contribution is 5.11. The maximum Gasteiger partial charge on any atom is 0.0900 e. The predicted molar refractivity (Wildman–Crippen MR) is 77.3 cm³/mol. The fourth-order valence-corrected chi connectivity index (χ4v) is 2.98. The van der Waals surface area contributed by atoms with Crippen LogP contribution in [-0.4, -0.2) is 61.2 Å². The van der Waals surface area contributed by atoms with Crippen molar-refractivity contribution in [3.63, 3.8) is 0 Å². The van der Waals surface area contributed by atoms with Crippen LogP contribution in [0.15, 0.2) is 0 Å². The first-order valence-corrected chi connectivity index (χ1v) is 7.19. The second-order valence-electron chi connectivity index (χ2n) is 6.85. The summed E-state index contributed by atoms with van der Waals surface area (Å²) in [6.45, 7) is 11.6. The average molecular weight is 273 g/mol. The third-order valence-corrected chi connectivity index (χ3v) is 4.88. The normalized spacial score (nSPS) is 31.6. The number of rotatable bonds is 7. The minimum absolute atomic E-state index is 0.0642. The van der Waals surface area contributed by atoms with Gasteiger partial charge >= 0.3 is 0 Å². The molecule has 0 aromatic carbocycles. The molecular weight excluding hydrogens is 242 g/mol. The van der Waals surface area contributed by atoms with E-state index in [4.69, 9.17) is 9.47 Å². The molecule has 4 nitrogen and oxygen atoms in total. The van der Waals surface area contributed by atoms with E-state index in [0.717, 1.165) is 6.42 Å². The third kappa shape index (κ3) is 3.48. The molecule has 1 N–H and O–H groups in total. The molecule has 1 aliphatic carbocycles. The topological polar surface area (TPSA) is 41.9 Å². The van der Waals surface area contributed by atoms with Crippen molar-refractivity contribution in [2.45, 2.75) is 64.9 Å². The second kappa shape index (κ2) is 6.08. The molecule has 0 spiro atoms. The third-order valence-electron chi connectivity index (χ3n) is 4.88. The van der Waals surface area contributed by atoms with Crippen LogP contribution < -0.4 is 0 Å². The van der Waals surface area contributed by atoms with E-state index < -0.39 is 6.10 Å². The van der Waals surface area contributed by atoms with Crippen LogP contribution in [0.25, 0.3) is 0 Å². The molecule has 0 bridgehead atoms. The monoisotopic (exact) mass is 273 g/mol. The van der Waals surface area contributed by atoms with E-state index in [1.54, 1.807) is 7.11 Å². The number of ether oxygens (including phenoxy) is 2. The molecule has 0 aromatic heterocycles. The van der Waals surface area contributed by atoms with E-state index in [1.165, 1.54) is 0 Å². The Kier molecular flexibility index (Phi) is 5.41. The van der Waals surface area contributed by atoms with Gasteiger partial charge < -0.3 is 19.5 Å². The van der Waals surface area contributed by atoms with Crippen molar-refractivity contribution in [2.24, 2.45) is 5.41 Å². The highest BCUT2D eigenvalue weighted by Crippen LogP contribution is 2.53. The van der Waals surface area contributed by atoms with Crippen molar-refractivity contribution >= 4 is 0 Å². The zero-order chi connectivity index (χ0) is 14.8. The Morgan fingerprint density at radius 3 is 2.32 bits per heavy atom. The summed E-state index contributed by atoms with van der Waals surface area (Å²) in [7, 11) is 3.85. The summed E-state index contributed by atoms with van der Waals surface area (Å²) in [5.74, 6) is 0. The second-order valence-corrected chi connectivity index (χ2v) is 6.85. The van der Waals surface area contributed by atoms with Gasteiger partial charge in [0.2, 0.25) is 0 Å². The minimum Gasteiger partial charge on any atom is -0.389 e. The molecule has 19 heavy (non-hydrogen) atoms. The quantitative estimate of drug-likeness (QED) is 0.769. The summed E-state index contributed by atoms with van der Waals surface area (Å²) in [5, 5.41) is 10.00. The van der Waals surface area contributed by atoms with Gasteiger partial charge in [0, 0.05) is 25.1 Å². The van der Waals surface area contributed by atoms with E-state index in [0.29, 0.717) is 19.2 Å². The Labute approximate surface area is 118 Å². The van der Waals surface area contributed by atoms with Crippen molar-refractivity contribution in [2.75, 3.05) is 27.3 Å². The highest BCUT2D eigenvalue weighted by Gasteiger charge is 2.58. The summed E-state index contributed by atoms with van der Waals surface area (Å²) >= 11 is 0. The summed E-state index contributed by atoms with van der Waals surface area (Å²) < 4.78 is 11.1. The molecule has 3 atom stereocenters. The van der Waals surface area contributed by atoms with Gasteiger partial charge in [0.05, 0.1) is 24.4 Å². The molecule has 3 unspecified atom stereocenters. The van der Waals surface area contributed by atoms with Crippen molar-refractivity contribution in [1.82, 2.24) is 4.90 Å². The SMILES string of the molecule is COC1(C)CC(N(C)CC(O)COC(C)C)C1(C)C. The van der Waals surface area contributed by atoms with Crippen LogP contribution in [0, 0.1) is 5.41 Å². The fraction of sp³-hybridized carbons (Fsp3) is 1.00. The standard InChI is InChI=1S/C15H31NO3/c1-11(2)19-10-12(17)9-16(6)13-8-15(5,18-7)14(13,3)4/h11-13,17H,8-10H2,1-7H3. The summed E-state index contributed by atoms with van der Waals surface area (Å²) in [5.41, 5.74) is 0.0282. The molecular formula is C15H31NO3. The van der Waals surface area contributed by atoms with Crippen molar-refractivity contribution in [3.05, 3.63) is 0 Å². The zero-order valence-electron chi connectivity index (χ0n) is 13.6. The fourth-order valence-electron chi connectivity index (χ4n) is 2.98. The summed E-state index contributed by atoms with van der Waals surface area (Å²) in [6.07, 6.45) is 0.736. The molecule has 0 radical (unpaired) electrons. The largest absolute Gasteiger partial charge is 0.389 e. The lowest BCUT2D eigenvalue weighted by molar-refractivity contribution is -0.208. The Morgan fingerprint density at radius 1 is 1.32 bits per heavy atom. The first-order chi connectivity index (χ1) is 8.64. The molecule has 0 aromatic rings. The number of hydrogen-bond donors (Lipinski definition) is 1. The number of aliphatic hydroxyl groups is 1. The zero-order valence-corrected chi connectivity index (χ0v) is 13.6. The average Bonchev–Trinajstić information content (AvgIpc) is 2.32. The lowest BCUT2D eigenvalue weighted by atomic mass is 9.55. The van der Waals surface area contributed by atoms with Gasteiger partial charge in [-0.1, -0.05) is 13.8 Å². The molecule has 1 saturated carbocycles. The summed E-state index contributed by atoms with van der Waals surface area (Å²) in [6, 6.07) is 0.436. The van der Waals surface area contributed by atoms with Crippen molar-refractivity contribution < 1.29 is 14.6 Å². The Hall–Kier alpha value is -0.160. The van der Waals surface area contributed by atoms with Crippen LogP contribution in [0.2, 0.25) is 0 Å². The van der Waals surface area contributed by atoms with Gasteiger partial charge in [-0.15, -0.1) is 0 Å². The van der Waals surface area contributed by atoms with Gasteiger partial charge in [-0.25, -0.2) is 0 Å². The van der Waals surface area contributed by atoms with Gasteiger partial charge in [-0.2, -0.15) is 0 Å². The first kappa shape index (κ1) is 16.9. The number of nitrogens with zero attached hydrogens (tertiary/aromatic N) is 1. The molecule has 0 amide bonds. The molecule has 0 saturated heterocycles. The maximum absolute atomic E-state index is 10.00. The molecule has 0 aliphatic heterocycles. The summed E-state index contributed by atoms with van der Waals surface area (Å²) in [4.78, 5) is 2.23. The van der Waals surface area contributed by atoms with E-state index in [1.807, 2.05) is 13.8 Å². The lowest BCUT2D eigenvalue weighted by Crippen LogP contribution is -2.68. The van der Waals surface area contributed by atoms with Crippen LogP contribution in [0.3, 0.4) is 0 Å².